The van der Waals surface area contributed by atoms with E-state index in [-0.39, 0.29) is 17.7 Å². The molecule has 1 aliphatic rings. The number of ketones is 1. The van der Waals surface area contributed by atoms with E-state index < -0.39 is 0 Å². The number of benzene rings is 2. The van der Waals surface area contributed by atoms with Crippen molar-refractivity contribution >= 4 is 33.6 Å². The molecule has 0 aliphatic carbocycles. The van der Waals surface area contributed by atoms with Crippen LogP contribution in [0.5, 0.6) is 0 Å². The van der Waals surface area contributed by atoms with Gasteiger partial charge in [0.05, 0.1) is 5.56 Å². The minimum absolute atomic E-state index is 0.0494. The van der Waals surface area contributed by atoms with Gasteiger partial charge in [0.25, 0.3) is 5.91 Å². The molecule has 0 saturated carbocycles. The topological polar surface area (TPSA) is 75.2 Å². The monoisotopic (exact) mass is 464 g/mol. The molecule has 1 amide bonds. The summed E-state index contributed by atoms with van der Waals surface area (Å²) in [5, 5.41) is 3.10. The maximum Gasteiger partial charge on any atom is 0.252 e. The second kappa shape index (κ2) is 9.17. The Bertz CT molecular complexity index is 1030. The third-order valence-electron chi connectivity index (χ3n) is 5.19. The molecule has 0 unspecified atom stereocenters. The molecule has 1 saturated heterocycles. The predicted molar refractivity (Wildman–Crippen MR) is 119 cm³/mol. The molecule has 0 spiro atoms. The maximum atomic E-state index is 13.0. The van der Waals surface area contributed by atoms with E-state index in [1.807, 2.05) is 12.1 Å². The van der Waals surface area contributed by atoms with Crippen LogP contribution in [0.4, 0.5) is 5.95 Å². The minimum Gasteiger partial charge on any atom is -0.349 e. The van der Waals surface area contributed by atoms with Gasteiger partial charge in [0, 0.05) is 47.1 Å². The van der Waals surface area contributed by atoms with Gasteiger partial charge in [-0.2, -0.15) is 0 Å². The van der Waals surface area contributed by atoms with Crippen LogP contribution in [0.2, 0.25) is 0 Å². The largest absolute Gasteiger partial charge is 0.349 e. The van der Waals surface area contributed by atoms with Gasteiger partial charge in [0.1, 0.15) is 0 Å². The van der Waals surface area contributed by atoms with E-state index in [1.54, 1.807) is 54.9 Å². The van der Waals surface area contributed by atoms with E-state index in [2.05, 4.69) is 36.1 Å². The Hall–Kier alpha value is -3.06. The number of carbonyl (C=O) groups is 2. The zero-order chi connectivity index (χ0) is 20.9. The van der Waals surface area contributed by atoms with Crippen molar-refractivity contribution in [3.63, 3.8) is 0 Å². The Morgan fingerprint density at radius 3 is 2.20 bits per heavy atom. The van der Waals surface area contributed by atoms with E-state index in [9.17, 15) is 9.59 Å². The summed E-state index contributed by atoms with van der Waals surface area (Å²) in [5.74, 6) is 0.336. The van der Waals surface area contributed by atoms with Gasteiger partial charge in [-0.25, -0.2) is 9.97 Å². The quantitative estimate of drug-likeness (QED) is 0.580. The summed E-state index contributed by atoms with van der Waals surface area (Å²) < 4.78 is 0.900. The Morgan fingerprint density at radius 1 is 0.900 bits per heavy atom. The van der Waals surface area contributed by atoms with E-state index in [1.165, 1.54) is 0 Å². The summed E-state index contributed by atoms with van der Waals surface area (Å²) in [6.45, 7) is 1.54. The van der Waals surface area contributed by atoms with Gasteiger partial charge in [-0.15, -0.1) is 0 Å². The van der Waals surface area contributed by atoms with E-state index >= 15 is 0 Å². The van der Waals surface area contributed by atoms with Crippen molar-refractivity contribution < 1.29 is 9.59 Å². The van der Waals surface area contributed by atoms with Gasteiger partial charge in [-0.3, -0.25) is 9.59 Å². The first-order valence-corrected chi connectivity index (χ1v) is 10.6. The van der Waals surface area contributed by atoms with Gasteiger partial charge in [0.2, 0.25) is 5.95 Å². The first-order chi connectivity index (χ1) is 14.6. The molecule has 0 atom stereocenters. The molecular formula is C23H21BrN4O2. The number of hydrogen-bond acceptors (Lipinski definition) is 5. The van der Waals surface area contributed by atoms with Crippen LogP contribution >= 0.6 is 15.9 Å². The lowest BCUT2D eigenvalue weighted by Crippen LogP contribution is -2.45. The van der Waals surface area contributed by atoms with Gasteiger partial charge >= 0.3 is 0 Å². The highest BCUT2D eigenvalue weighted by Crippen LogP contribution is 2.19. The molecule has 2 heterocycles. The van der Waals surface area contributed by atoms with Crippen LogP contribution in [0, 0.1) is 0 Å². The fraction of sp³-hybridized carbons (Fsp3) is 0.217. The molecule has 2 aromatic carbocycles. The Kier molecular flexibility index (Phi) is 6.18. The van der Waals surface area contributed by atoms with Crippen molar-refractivity contribution in [3.8, 4) is 0 Å². The predicted octanol–water partition coefficient (Wildman–Crippen LogP) is 3.87. The lowest BCUT2D eigenvalue weighted by Gasteiger charge is -2.32. The van der Waals surface area contributed by atoms with Crippen LogP contribution in [0.25, 0.3) is 0 Å². The summed E-state index contributed by atoms with van der Waals surface area (Å²) in [6.07, 6.45) is 5.06. The smallest absolute Gasteiger partial charge is 0.252 e. The standard InChI is InChI=1S/C23H21BrN4O2/c24-17-8-6-16(7-9-17)21(29)19-4-1-2-5-20(19)22(30)27-18-10-14-28(15-11-18)23-25-12-3-13-26-23/h1-9,12-13,18H,10-11,14-15H2,(H,27,30). The van der Waals surface area contributed by atoms with Crippen LogP contribution < -0.4 is 10.2 Å². The summed E-state index contributed by atoms with van der Waals surface area (Å²) in [6, 6.07) is 16.0. The Morgan fingerprint density at radius 2 is 1.53 bits per heavy atom. The number of anilines is 1. The fourth-order valence-electron chi connectivity index (χ4n) is 3.58. The molecule has 0 bridgehead atoms. The fourth-order valence-corrected chi connectivity index (χ4v) is 3.84. The normalized spacial score (nSPS) is 14.4. The number of rotatable bonds is 5. The number of halogens is 1. The molecule has 1 N–H and O–H groups in total. The summed E-state index contributed by atoms with van der Waals surface area (Å²) in [4.78, 5) is 36.6. The van der Waals surface area contributed by atoms with Crippen molar-refractivity contribution in [2.45, 2.75) is 18.9 Å². The molecule has 1 fully saturated rings. The highest BCUT2D eigenvalue weighted by molar-refractivity contribution is 9.10. The number of carbonyl (C=O) groups excluding carboxylic acids is 2. The lowest BCUT2D eigenvalue weighted by molar-refractivity contribution is 0.0921. The summed E-state index contributed by atoms with van der Waals surface area (Å²) in [5.41, 5.74) is 1.36. The zero-order valence-electron chi connectivity index (χ0n) is 16.3. The number of nitrogens with one attached hydrogen (secondary N) is 1. The highest BCUT2D eigenvalue weighted by Gasteiger charge is 2.24. The minimum atomic E-state index is -0.217. The van der Waals surface area contributed by atoms with Crippen LogP contribution in [0.1, 0.15) is 39.1 Å². The van der Waals surface area contributed by atoms with Gasteiger partial charge in [-0.1, -0.05) is 34.1 Å². The van der Waals surface area contributed by atoms with Crippen molar-refractivity contribution in [3.05, 3.63) is 88.2 Å². The second-order valence-electron chi connectivity index (χ2n) is 7.17. The van der Waals surface area contributed by atoms with Crippen molar-refractivity contribution in [2.24, 2.45) is 0 Å². The molecule has 1 aromatic heterocycles. The second-order valence-corrected chi connectivity index (χ2v) is 8.08. The number of hydrogen-bond donors (Lipinski definition) is 1. The zero-order valence-corrected chi connectivity index (χ0v) is 17.9. The van der Waals surface area contributed by atoms with Crippen molar-refractivity contribution in [2.75, 3.05) is 18.0 Å². The Balaban J connectivity index is 1.43. The number of piperidine rings is 1. The van der Waals surface area contributed by atoms with Gasteiger partial charge in [-0.05, 0) is 49.2 Å². The van der Waals surface area contributed by atoms with Crippen LogP contribution in [-0.4, -0.2) is 40.8 Å². The summed E-state index contributed by atoms with van der Waals surface area (Å²) >= 11 is 3.38. The number of nitrogens with zero attached hydrogens (tertiary/aromatic N) is 3. The van der Waals surface area contributed by atoms with Crippen LogP contribution in [-0.2, 0) is 0 Å². The van der Waals surface area contributed by atoms with E-state index in [0.717, 1.165) is 30.4 Å². The average molecular weight is 465 g/mol. The SMILES string of the molecule is O=C(NC1CCN(c2ncccn2)CC1)c1ccccc1C(=O)c1ccc(Br)cc1. The van der Waals surface area contributed by atoms with Crippen LogP contribution in [0.3, 0.4) is 0 Å². The summed E-state index contributed by atoms with van der Waals surface area (Å²) in [7, 11) is 0. The average Bonchev–Trinajstić information content (AvgIpc) is 2.80. The number of aromatic nitrogens is 2. The molecule has 0 radical (unpaired) electrons. The van der Waals surface area contributed by atoms with Crippen molar-refractivity contribution in [1.82, 2.24) is 15.3 Å². The molecule has 3 aromatic rings. The molecule has 4 rings (SSSR count). The first-order valence-electron chi connectivity index (χ1n) is 9.84. The molecule has 7 heteroatoms. The number of amides is 1. The first kappa shape index (κ1) is 20.2. The lowest BCUT2D eigenvalue weighted by atomic mass is 9.97. The van der Waals surface area contributed by atoms with Crippen molar-refractivity contribution in [1.29, 1.82) is 0 Å². The third kappa shape index (κ3) is 4.57. The van der Waals surface area contributed by atoms with Gasteiger partial charge < -0.3 is 10.2 Å². The molecule has 1 aliphatic heterocycles. The van der Waals surface area contributed by atoms with E-state index in [4.69, 9.17) is 0 Å². The molecular weight excluding hydrogens is 444 g/mol. The van der Waals surface area contributed by atoms with E-state index in [0.29, 0.717) is 22.6 Å². The third-order valence-corrected chi connectivity index (χ3v) is 5.72. The Labute approximate surface area is 183 Å². The molecule has 152 valence electrons. The molecule has 30 heavy (non-hydrogen) atoms. The highest BCUT2D eigenvalue weighted by atomic mass is 79.9. The maximum absolute atomic E-state index is 13.0. The molecule has 6 nitrogen and oxygen atoms in total. The van der Waals surface area contributed by atoms with Gasteiger partial charge in [0.15, 0.2) is 5.78 Å². The van der Waals surface area contributed by atoms with Crippen LogP contribution in [0.15, 0.2) is 71.5 Å².